The first-order valence-electron chi connectivity index (χ1n) is 11.1. The number of anilines is 1. The summed E-state index contributed by atoms with van der Waals surface area (Å²) in [6.45, 7) is 2.62. The third kappa shape index (κ3) is 5.18. The molecule has 0 bridgehead atoms. The number of rotatable bonds is 7. The predicted molar refractivity (Wildman–Crippen MR) is 126 cm³/mol. The van der Waals surface area contributed by atoms with E-state index in [0.717, 1.165) is 5.69 Å². The van der Waals surface area contributed by atoms with Crippen LogP contribution in [0.25, 0.3) is 5.69 Å². The maximum absolute atomic E-state index is 12.8. The molecule has 1 aliphatic rings. The average Bonchev–Trinajstić information content (AvgIpc) is 3.36. The molecule has 0 aliphatic carbocycles. The lowest BCUT2D eigenvalue weighted by Gasteiger charge is -2.30. The van der Waals surface area contributed by atoms with Gasteiger partial charge in [-0.3, -0.25) is 4.79 Å². The van der Waals surface area contributed by atoms with E-state index >= 15 is 0 Å². The SMILES string of the molecule is CCOC(=O)c1ccn(-c2ccc(NC(=O)C3CCN(S(=O)(=O)c4ccccc4)CC3)cc2)n1. The summed E-state index contributed by atoms with van der Waals surface area (Å²) in [5.41, 5.74) is 1.58. The highest BCUT2D eigenvalue weighted by molar-refractivity contribution is 7.89. The van der Waals surface area contributed by atoms with Gasteiger partial charge >= 0.3 is 5.97 Å². The largest absolute Gasteiger partial charge is 0.461 e. The number of aromatic nitrogens is 2. The molecule has 0 saturated carbocycles. The number of nitrogens with zero attached hydrogens (tertiary/aromatic N) is 3. The van der Waals surface area contributed by atoms with Gasteiger partial charge in [0.2, 0.25) is 15.9 Å². The molecule has 0 radical (unpaired) electrons. The van der Waals surface area contributed by atoms with Crippen molar-refractivity contribution in [2.75, 3.05) is 25.0 Å². The van der Waals surface area contributed by atoms with Gasteiger partial charge in [-0.25, -0.2) is 17.9 Å². The zero-order valence-electron chi connectivity index (χ0n) is 18.8. The summed E-state index contributed by atoms with van der Waals surface area (Å²) in [5.74, 6) is -0.874. The van der Waals surface area contributed by atoms with Gasteiger partial charge in [-0.1, -0.05) is 18.2 Å². The van der Waals surface area contributed by atoms with Gasteiger partial charge in [-0.15, -0.1) is 0 Å². The van der Waals surface area contributed by atoms with Crippen molar-refractivity contribution in [3.63, 3.8) is 0 Å². The molecular weight excluding hydrogens is 456 g/mol. The van der Waals surface area contributed by atoms with Gasteiger partial charge in [0.1, 0.15) is 0 Å². The molecule has 1 aliphatic heterocycles. The van der Waals surface area contributed by atoms with E-state index in [-0.39, 0.29) is 29.0 Å². The Balaban J connectivity index is 1.33. The number of carbonyl (C=O) groups is 2. The summed E-state index contributed by atoms with van der Waals surface area (Å²) >= 11 is 0. The van der Waals surface area contributed by atoms with Crippen LogP contribution in [0.5, 0.6) is 0 Å². The van der Waals surface area contributed by atoms with Gasteiger partial charge in [0.15, 0.2) is 5.69 Å². The van der Waals surface area contributed by atoms with Crippen LogP contribution < -0.4 is 5.32 Å². The van der Waals surface area contributed by atoms with E-state index in [2.05, 4.69) is 10.4 Å². The normalized spacial score (nSPS) is 15.1. The minimum absolute atomic E-state index is 0.131. The molecule has 9 nitrogen and oxygen atoms in total. The smallest absolute Gasteiger partial charge is 0.358 e. The number of hydrogen-bond donors (Lipinski definition) is 1. The molecule has 0 spiro atoms. The molecule has 2 aromatic carbocycles. The van der Waals surface area contributed by atoms with Crippen LogP contribution in [0.4, 0.5) is 5.69 Å². The van der Waals surface area contributed by atoms with Crippen molar-refractivity contribution in [1.82, 2.24) is 14.1 Å². The van der Waals surface area contributed by atoms with Crippen molar-refractivity contribution >= 4 is 27.6 Å². The lowest BCUT2D eigenvalue weighted by atomic mass is 9.97. The summed E-state index contributed by atoms with van der Waals surface area (Å²) in [5, 5.41) is 7.12. The predicted octanol–water partition coefficient (Wildman–Crippen LogP) is 3.09. The highest BCUT2D eigenvalue weighted by atomic mass is 32.2. The van der Waals surface area contributed by atoms with Crippen LogP contribution in [0.3, 0.4) is 0 Å². The second-order valence-corrected chi connectivity index (χ2v) is 9.83. The number of hydrogen-bond acceptors (Lipinski definition) is 6. The van der Waals surface area contributed by atoms with Crippen LogP contribution in [0.2, 0.25) is 0 Å². The molecular formula is C24H26N4O5S. The van der Waals surface area contributed by atoms with Gasteiger partial charge in [0.25, 0.3) is 0 Å². The molecule has 1 amide bonds. The Morgan fingerprint density at radius 2 is 1.71 bits per heavy atom. The molecule has 1 saturated heterocycles. The fourth-order valence-corrected chi connectivity index (χ4v) is 5.31. The van der Waals surface area contributed by atoms with E-state index in [1.807, 2.05) is 0 Å². The zero-order chi connectivity index (χ0) is 24.1. The number of nitrogens with one attached hydrogen (secondary N) is 1. The number of sulfonamides is 1. The van der Waals surface area contributed by atoms with Crippen LogP contribution in [0.15, 0.2) is 71.8 Å². The van der Waals surface area contributed by atoms with Crippen molar-refractivity contribution in [1.29, 1.82) is 0 Å². The molecule has 1 fully saturated rings. The van der Waals surface area contributed by atoms with Gasteiger partial charge < -0.3 is 10.1 Å². The molecule has 1 aromatic heterocycles. The average molecular weight is 483 g/mol. The van der Waals surface area contributed by atoms with Gasteiger partial charge in [-0.2, -0.15) is 9.40 Å². The molecule has 0 unspecified atom stereocenters. The van der Waals surface area contributed by atoms with Gasteiger partial charge in [0.05, 0.1) is 17.2 Å². The summed E-state index contributed by atoms with van der Waals surface area (Å²) in [6.07, 6.45) is 2.58. The van der Waals surface area contributed by atoms with Crippen molar-refractivity contribution < 1.29 is 22.7 Å². The minimum Gasteiger partial charge on any atom is -0.461 e. The van der Waals surface area contributed by atoms with Crippen molar-refractivity contribution in [3.8, 4) is 5.69 Å². The molecule has 178 valence electrons. The maximum atomic E-state index is 12.8. The summed E-state index contributed by atoms with van der Waals surface area (Å²) in [7, 11) is -3.54. The second kappa shape index (κ2) is 10.2. The Morgan fingerprint density at radius 1 is 1.03 bits per heavy atom. The highest BCUT2D eigenvalue weighted by Crippen LogP contribution is 2.25. The first-order valence-corrected chi connectivity index (χ1v) is 12.5. The number of esters is 1. The van der Waals surface area contributed by atoms with E-state index in [4.69, 9.17) is 4.74 Å². The Morgan fingerprint density at radius 3 is 2.35 bits per heavy atom. The third-order valence-corrected chi connectivity index (χ3v) is 7.59. The van der Waals surface area contributed by atoms with E-state index in [1.54, 1.807) is 78.5 Å². The topological polar surface area (TPSA) is 111 Å². The maximum Gasteiger partial charge on any atom is 0.358 e. The van der Waals surface area contributed by atoms with Crippen molar-refractivity contribution in [2.24, 2.45) is 5.92 Å². The number of benzene rings is 2. The summed E-state index contributed by atoms with van der Waals surface area (Å²) in [6, 6.07) is 17.0. The van der Waals surface area contributed by atoms with E-state index in [0.29, 0.717) is 31.6 Å². The molecule has 2 heterocycles. The summed E-state index contributed by atoms with van der Waals surface area (Å²) in [4.78, 5) is 24.8. The standard InChI is InChI=1S/C24H26N4O5S/c1-2-33-24(30)22-14-17-28(26-22)20-10-8-19(9-11-20)25-23(29)18-12-15-27(16-13-18)34(31,32)21-6-4-3-5-7-21/h3-11,14,17-18H,2,12-13,15-16H2,1H3,(H,25,29). The van der Waals surface area contributed by atoms with Crippen LogP contribution in [0.1, 0.15) is 30.3 Å². The third-order valence-electron chi connectivity index (χ3n) is 5.68. The number of amides is 1. The van der Waals surface area contributed by atoms with Crippen LogP contribution in [0, 0.1) is 5.92 Å². The molecule has 10 heteroatoms. The van der Waals surface area contributed by atoms with E-state index in [1.165, 1.54) is 4.31 Å². The Hall–Kier alpha value is -3.50. The lowest BCUT2D eigenvalue weighted by Crippen LogP contribution is -2.41. The van der Waals surface area contributed by atoms with E-state index < -0.39 is 16.0 Å². The van der Waals surface area contributed by atoms with Crippen molar-refractivity contribution in [3.05, 3.63) is 72.6 Å². The highest BCUT2D eigenvalue weighted by Gasteiger charge is 2.32. The number of piperidine rings is 1. The number of carbonyl (C=O) groups excluding carboxylic acids is 2. The molecule has 3 aromatic rings. The molecule has 1 N–H and O–H groups in total. The molecule has 4 rings (SSSR count). The first-order chi connectivity index (χ1) is 16.4. The monoisotopic (exact) mass is 482 g/mol. The number of ether oxygens (including phenoxy) is 1. The fraction of sp³-hybridized carbons (Fsp3) is 0.292. The van der Waals surface area contributed by atoms with Crippen molar-refractivity contribution in [2.45, 2.75) is 24.7 Å². The summed E-state index contributed by atoms with van der Waals surface area (Å²) < 4.78 is 33.5. The Kier molecular flexibility index (Phi) is 7.09. The van der Waals surface area contributed by atoms with Crippen LogP contribution in [-0.4, -0.2) is 54.1 Å². The first kappa shape index (κ1) is 23.7. The van der Waals surface area contributed by atoms with Gasteiger partial charge in [0, 0.05) is 30.9 Å². The molecule has 34 heavy (non-hydrogen) atoms. The minimum atomic E-state index is -3.54. The van der Waals surface area contributed by atoms with Crippen LogP contribution in [-0.2, 0) is 19.6 Å². The quantitative estimate of drug-likeness (QED) is 0.518. The molecule has 0 atom stereocenters. The Bertz CT molecular complexity index is 1250. The fourth-order valence-electron chi connectivity index (χ4n) is 3.82. The van der Waals surface area contributed by atoms with Crippen LogP contribution >= 0.6 is 0 Å². The zero-order valence-corrected chi connectivity index (χ0v) is 19.6. The second-order valence-electron chi connectivity index (χ2n) is 7.89. The Labute approximate surface area is 198 Å². The lowest BCUT2D eigenvalue weighted by molar-refractivity contribution is -0.120. The van der Waals surface area contributed by atoms with E-state index in [9.17, 15) is 18.0 Å². The van der Waals surface area contributed by atoms with Gasteiger partial charge in [-0.05, 0) is 62.2 Å².